The number of carbonyl (C=O) groups excluding carboxylic acids is 4. The summed E-state index contributed by atoms with van der Waals surface area (Å²) in [6, 6.07) is 21.9. The molecule has 10 heteroatoms. The Hall–Kier alpha value is -5.64. The molecule has 0 aliphatic carbocycles. The average molecular weight is 833 g/mol. The van der Waals surface area contributed by atoms with Crippen molar-refractivity contribution in [1.29, 1.82) is 0 Å². The molecule has 328 valence electrons. The summed E-state index contributed by atoms with van der Waals surface area (Å²) in [5.41, 5.74) is 7.95. The number of hydrogen-bond donors (Lipinski definition) is 6. The molecule has 6 N–H and O–H groups in total. The van der Waals surface area contributed by atoms with E-state index < -0.39 is 12.1 Å². The molecule has 0 saturated heterocycles. The number of rotatable bonds is 16. The number of phenolic OH excluding ortho intramolecular Hbond substituents is 2. The predicted molar refractivity (Wildman–Crippen MR) is 247 cm³/mol. The molecule has 0 fully saturated rings. The Kier molecular flexibility index (Phi) is 16.0. The summed E-state index contributed by atoms with van der Waals surface area (Å²) in [7, 11) is 0. The first-order chi connectivity index (χ1) is 28.4. The zero-order chi connectivity index (χ0) is 45.3. The minimum absolute atomic E-state index is 0.0825. The van der Waals surface area contributed by atoms with Gasteiger partial charge in [0.2, 0.25) is 0 Å². The third-order valence-electron chi connectivity index (χ3n) is 10.6. The van der Waals surface area contributed by atoms with E-state index in [0.29, 0.717) is 48.1 Å². The first-order valence-electron chi connectivity index (χ1n) is 21.4. The SMILES string of the molecule is CC(C)Cc1cc(CCC(=O)CNC(=O)Nc2ccc(Cc3ccc(NC(=O)NCC(=O)CCc4cc(C(C)(C)C)c(O)c(C(C)(C)C)c4)cc3)cc2)cc(C(C)(C)C)c1O. The van der Waals surface area contributed by atoms with Gasteiger partial charge in [0.1, 0.15) is 11.5 Å². The summed E-state index contributed by atoms with van der Waals surface area (Å²) in [5, 5.41) is 32.8. The molecule has 0 heterocycles. The summed E-state index contributed by atoms with van der Waals surface area (Å²) >= 11 is 0. The molecule has 4 amide bonds. The number of phenols is 2. The van der Waals surface area contributed by atoms with Crippen LogP contribution in [-0.2, 0) is 51.5 Å². The van der Waals surface area contributed by atoms with Gasteiger partial charge < -0.3 is 31.5 Å². The van der Waals surface area contributed by atoms with E-state index in [1.165, 1.54) is 0 Å². The smallest absolute Gasteiger partial charge is 0.319 e. The van der Waals surface area contributed by atoms with Gasteiger partial charge in [-0.15, -0.1) is 0 Å². The molecule has 0 aliphatic rings. The van der Waals surface area contributed by atoms with Gasteiger partial charge in [-0.2, -0.15) is 0 Å². The number of aromatic hydroxyl groups is 2. The molecule has 10 nitrogen and oxygen atoms in total. The Morgan fingerprint density at radius 2 is 0.885 bits per heavy atom. The van der Waals surface area contributed by atoms with Gasteiger partial charge in [-0.25, -0.2) is 9.59 Å². The Bertz CT molecular complexity index is 2130. The zero-order valence-corrected chi connectivity index (χ0v) is 38.2. The van der Waals surface area contributed by atoms with Crippen LogP contribution in [0.2, 0.25) is 0 Å². The number of anilines is 2. The van der Waals surface area contributed by atoms with Crippen molar-refractivity contribution in [2.24, 2.45) is 5.92 Å². The van der Waals surface area contributed by atoms with Crippen molar-refractivity contribution in [3.05, 3.63) is 117 Å². The Morgan fingerprint density at radius 3 is 1.25 bits per heavy atom. The second kappa shape index (κ2) is 20.3. The number of urea groups is 2. The van der Waals surface area contributed by atoms with Gasteiger partial charge in [-0.3, -0.25) is 9.59 Å². The summed E-state index contributed by atoms with van der Waals surface area (Å²) in [5.74, 6) is 0.856. The van der Waals surface area contributed by atoms with Crippen LogP contribution in [0.1, 0.15) is 134 Å². The zero-order valence-electron chi connectivity index (χ0n) is 38.2. The van der Waals surface area contributed by atoms with Crippen molar-refractivity contribution in [2.45, 2.75) is 131 Å². The van der Waals surface area contributed by atoms with Gasteiger partial charge in [0, 0.05) is 24.2 Å². The van der Waals surface area contributed by atoms with Crippen LogP contribution in [0.4, 0.5) is 21.0 Å². The number of hydrogen-bond acceptors (Lipinski definition) is 6. The van der Waals surface area contributed by atoms with E-state index in [4.69, 9.17) is 0 Å². The highest BCUT2D eigenvalue weighted by Gasteiger charge is 2.27. The van der Waals surface area contributed by atoms with Crippen LogP contribution >= 0.6 is 0 Å². The second-order valence-corrected chi connectivity index (χ2v) is 19.8. The number of ketones is 2. The number of aryl methyl sites for hydroxylation is 2. The number of nitrogens with one attached hydrogen (secondary N) is 4. The number of carbonyl (C=O) groups is 4. The van der Waals surface area contributed by atoms with E-state index in [0.717, 1.165) is 50.9 Å². The molecule has 0 radical (unpaired) electrons. The maximum absolute atomic E-state index is 12.7. The van der Waals surface area contributed by atoms with Crippen molar-refractivity contribution in [3.63, 3.8) is 0 Å². The van der Waals surface area contributed by atoms with Gasteiger partial charge >= 0.3 is 12.1 Å². The lowest BCUT2D eigenvalue weighted by Crippen LogP contribution is -2.33. The van der Waals surface area contributed by atoms with Crippen LogP contribution in [0.3, 0.4) is 0 Å². The molecule has 0 aromatic heterocycles. The maximum Gasteiger partial charge on any atom is 0.319 e. The third-order valence-corrected chi connectivity index (χ3v) is 10.6. The minimum Gasteiger partial charge on any atom is -0.507 e. The van der Waals surface area contributed by atoms with Gasteiger partial charge in [-0.05, 0) is 117 Å². The standard InChI is InChI=1S/C51H68N4O6/c1-32(2)24-37-26-35(27-42(45(37)58)49(3,4)5)16-22-40(56)30-52-47(60)54-38-18-12-33(13-19-38)25-34-14-20-39(21-15-34)55-48(61)53-31-41(57)23-17-36-28-43(50(6,7)8)46(59)44(29-36)51(9,10)11/h12-15,18-21,26-29,32,58-59H,16-17,22-25,30-31H2,1-11H3,(H2,52,54,60)(H2,53,55,61). The minimum atomic E-state index is -0.466. The van der Waals surface area contributed by atoms with Gasteiger partial charge in [0.05, 0.1) is 13.1 Å². The quantitative estimate of drug-likeness (QED) is 0.0660. The van der Waals surface area contributed by atoms with Crippen LogP contribution in [0.15, 0.2) is 72.8 Å². The fourth-order valence-corrected chi connectivity index (χ4v) is 7.15. The van der Waals surface area contributed by atoms with E-state index >= 15 is 0 Å². The molecule has 0 saturated carbocycles. The number of benzene rings is 4. The highest BCUT2D eigenvalue weighted by molar-refractivity contribution is 5.93. The Morgan fingerprint density at radius 1 is 0.525 bits per heavy atom. The van der Waals surface area contributed by atoms with Gasteiger partial charge in [-0.1, -0.05) is 125 Å². The molecule has 0 unspecified atom stereocenters. The monoisotopic (exact) mass is 833 g/mol. The third kappa shape index (κ3) is 14.8. The summed E-state index contributed by atoms with van der Waals surface area (Å²) in [6.07, 6.45) is 2.96. The molecular formula is C51H68N4O6. The van der Waals surface area contributed by atoms with Crippen LogP contribution < -0.4 is 21.3 Å². The highest BCUT2D eigenvalue weighted by atomic mass is 16.3. The van der Waals surface area contributed by atoms with Crippen LogP contribution in [-0.4, -0.2) is 46.9 Å². The normalized spacial score (nSPS) is 11.9. The molecule has 4 aromatic carbocycles. The second-order valence-electron chi connectivity index (χ2n) is 19.8. The van der Waals surface area contributed by atoms with E-state index in [2.05, 4.69) is 97.4 Å². The molecule has 4 aromatic rings. The number of amides is 4. The Balaban J connectivity index is 1.19. The largest absolute Gasteiger partial charge is 0.507 e. The lowest BCUT2D eigenvalue weighted by molar-refractivity contribution is -0.118. The first kappa shape index (κ1) is 48.0. The topological polar surface area (TPSA) is 157 Å². The molecule has 0 spiro atoms. The lowest BCUT2D eigenvalue weighted by Gasteiger charge is -2.28. The van der Waals surface area contributed by atoms with E-state index in [1.807, 2.05) is 60.7 Å². The summed E-state index contributed by atoms with van der Waals surface area (Å²) in [6.45, 7) is 22.6. The van der Waals surface area contributed by atoms with Crippen molar-refractivity contribution in [3.8, 4) is 11.5 Å². The maximum atomic E-state index is 12.7. The molecule has 4 rings (SSSR count). The lowest BCUT2D eigenvalue weighted by atomic mass is 9.78. The number of Topliss-reactive ketones (excluding diaryl/α,β-unsaturated/α-hetero) is 2. The Labute approximate surface area is 363 Å². The molecule has 0 atom stereocenters. The first-order valence-corrected chi connectivity index (χ1v) is 21.4. The van der Waals surface area contributed by atoms with Crippen LogP contribution in [0.25, 0.3) is 0 Å². The van der Waals surface area contributed by atoms with E-state index in [-0.39, 0.29) is 53.7 Å². The van der Waals surface area contributed by atoms with Crippen molar-refractivity contribution >= 4 is 35.0 Å². The van der Waals surface area contributed by atoms with Crippen molar-refractivity contribution < 1.29 is 29.4 Å². The van der Waals surface area contributed by atoms with Crippen molar-refractivity contribution in [1.82, 2.24) is 10.6 Å². The van der Waals surface area contributed by atoms with Gasteiger partial charge in [0.25, 0.3) is 0 Å². The van der Waals surface area contributed by atoms with E-state index in [9.17, 15) is 29.4 Å². The van der Waals surface area contributed by atoms with Crippen LogP contribution in [0.5, 0.6) is 11.5 Å². The van der Waals surface area contributed by atoms with E-state index in [1.54, 1.807) is 12.1 Å². The van der Waals surface area contributed by atoms with Crippen LogP contribution in [0, 0.1) is 5.92 Å². The summed E-state index contributed by atoms with van der Waals surface area (Å²) < 4.78 is 0. The highest BCUT2D eigenvalue weighted by Crippen LogP contribution is 2.40. The fraction of sp³-hybridized carbons (Fsp3) is 0.451. The van der Waals surface area contributed by atoms with Crippen molar-refractivity contribution in [2.75, 3.05) is 23.7 Å². The summed E-state index contributed by atoms with van der Waals surface area (Å²) in [4.78, 5) is 50.7. The van der Waals surface area contributed by atoms with Gasteiger partial charge in [0.15, 0.2) is 11.6 Å². The molecule has 0 bridgehead atoms. The predicted octanol–water partition coefficient (Wildman–Crippen LogP) is 10.4. The molecule has 0 aliphatic heterocycles. The molecular weight excluding hydrogens is 765 g/mol. The molecule has 61 heavy (non-hydrogen) atoms. The fourth-order valence-electron chi connectivity index (χ4n) is 7.15. The average Bonchev–Trinajstić information content (AvgIpc) is 3.16.